The second-order valence-electron chi connectivity index (χ2n) is 2.48. The van der Waals surface area contributed by atoms with Gasteiger partial charge in [0.15, 0.2) is 0 Å². The number of nitrogens with one attached hydrogen (secondary N) is 1. The van der Waals surface area contributed by atoms with Crippen molar-refractivity contribution in [2.24, 2.45) is 0 Å². The van der Waals surface area contributed by atoms with Crippen LogP contribution in [0.5, 0.6) is 0 Å². The number of esters is 1. The summed E-state index contributed by atoms with van der Waals surface area (Å²) < 4.78 is 4.83. The minimum Gasteiger partial charge on any atom is -0.462 e. The van der Waals surface area contributed by atoms with E-state index in [2.05, 4.69) is 11.9 Å². The molecule has 0 aromatic carbocycles. The third-order valence-electron chi connectivity index (χ3n) is 1.30. The number of hydrogen-bond acceptors (Lipinski definition) is 3. The van der Waals surface area contributed by atoms with E-state index in [-0.39, 0.29) is 5.97 Å². The van der Waals surface area contributed by atoms with Crippen LogP contribution in [0.15, 0.2) is 24.0 Å². The Morgan fingerprint density at radius 2 is 2.45 bits per heavy atom. The van der Waals surface area contributed by atoms with Gasteiger partial charge >= 0.3 is 5.97 Å². The number of carbonyl (C=O) groups is 1. The molecule has 0 aliphatic carbocycles. The van der Waals surface area contributed by atoms with E-state index in [1.54, 1.807) is 6.92 Å². The van der Waals surface area contributed by atoms with Gasteiger partial charge < -0.3 is 10.1 Å². The van der Waals surface area contributed by atoms with Crippen molar-refractivity contribution in [3.05, 3.63) is 24.0 Å². The van der Waals surface area contributed by atoms with Crippen LogP contribution in [0, 0.1) is 0 Å². The molecule has 0 spiro atoms. The van der Waals surface area contributed by atoms with E-state index in [9.17, 15) is 4.79 Å². The minimum absolute atomic E-state index is 0.314. The summed E-state index contributed by atoms with van der Waals surface area (Å²) in [5.74, 6) is -0.314. The van der Waals surface area contributed by atoms with Crippen molar-refractivity contribution < 1.29 is 9.53 Å². The molecule has 3 heteroatoms. The average Bonchev–Trinajstić information content (AvgIpc) is 2.71. The van der Waals surface area contributed by atoms with Crippen LogP contribution in [0.1, 0.15) is 13.3 Å². The van der Waals surface area contributed by atoms with Crippen molar-refractivity contribution in [1.29, 1.82) is 0 Å². The van der Waals surface area contributed by atoms with Crippen molar-refractivity contribution in [3.8, 4) is 0 Å². The van der Waals surface area contributed by atoms with E-state index >= 15 is 0 Å². The lowest BCUT2D eigenvalue weighted by molar-refractivity contribution is -0.138. The first-order chi connectivity index (χ1) is 5.20. The molecule has 60 valence electrons. The Hall–Kier alpha value is -1.25. The molecule has 0 amide bonds. The molecule has 1 aliphatic rings. The fourth-order valence-corrected chi connectivity index (χ4v) is 0.572. The molecule has 0 saturated carbocycles. The lowest BCUT2D eigenvalue weighted by Gasteiger charge is -2.00. The quantitative estimate of drug-likeness (QED) is 0.483. The molecule has 11 heavy (non-hydrogen) atoms. The first kappa shape index (κ1) is 7.85. The summed E-state index contributed by atoms with van der Waals surface area (Å²) in [6.45, 7) is 5.53. The fraction of sp³-hybridized carbons (Fsp3) is 0.375. The van der Waals surface area contributed by atoms with E-state index in [1.165, 1.54) is 0 Å². The van der Waals surface area contributed by atoms with Gasteiger partial charge in [-0.15, -0.1) is 0 Å². The SMILES string of the molecule is C=C(C)C(=O)OCCC1=CN1. The van der Waals surface area contributed by atoms with Crippen LogP contribution < -0.4 is 5.32 Å². The molecule has 0 aromatic rings. The first-order valence-corrected chi connectivity index (χ1v) is 3.48. The second-order valence-corrected chi connectivity index (χ2v) is 2.48. The van der Waals surface area contributed by atoms with Crippen LogP contribution in [-0.2, 0) is 9.53 Å². The van der Waals surface area contributed by atoms with E-state index < -0.39 is 0 Å². The van der Waals surface area contributed by atoms with Gasteiger partial charge in [0.05, 0.1) is 6.61 Å². The largest absolute Gasteiger partial charge is 0.462 e. The average molecular weight is 153 g/mol. The van der Waals surface area contributed by atoms with E-state index in [4.69, 9.17) is 4.74 Å². The molecule has 0 radical (unpaired) electrons. The lowest BCUT2D eigenvalue weighted by atomic mass is 10.3. The van der Waals surface area contributed by atoms with Crippen LogP contribution >= 0.6 is 0 Å². The van der Waals surface area contributed by atoms with Gasteiger partial charge in [-0.3, -0.25) is 0 Å². The van der Waals surface area contributed by atoms with Crippen molar-refractivity contribution >= 4 is 5.97 Å². The maximum atomic E-state index is 10.8. The van der Waals surface area contributed by atoms with Gasteiger partial charge in [0.1, 0.15) is 0 Å². The van der Waals surface area contributed by atoms with Gasteiger partial charge in [0, 0.05) is 23.9 Å². The molecule has 0 unspecified atom stereocenters. The molecule has 0 saturated heterocycles. The monoisotopic (exact) mass is 153 g/mol. The third-order valence-corrected chi connectivity index (χ3v) is 1.30. The summed E-state index contributed by atoms with van der Waals surface area (Å²) >= 11 is 0. The van der Waals surface area contributed by atoms with Gasteiger partial charge in [-0.2, -0.15) is 0 Å². The Bertz CT molecular complexity index is 218. The zero-order valence-electron chi connectivity index (χ0n) is 6.52. The third kappa shape index (κ3) is 2.89. The van der Waals surface area contributed by atoms with Crippen LogP contribution in [0.4, 0.5) is 0 Å². The van der Waals surface area contributed by atoms with E-state index in [0.29, 0.717) is 12.2 Å². The second kappa shape index (κ2) is 3.23. The maximum Gasteiger partial charge on any atom is 0.333 e. The molecule has 3 nitrogen and oxygen atoms in total. The molecule has 1 N–H and O–H groups in total. The molecule has 1 rings (SSSR count). The Labute approximate surface area is 65.7 Å². The zero-order valence-corrected chi connectivity index (χ0v) is 6.52. The number of rotatable bonds is 4. The van der Waals surface area contributed by atoms with Gasteiger partial charge in [0.2, 0.25) is 0 Å². The Balaban J connectivity index is 2.05. The highest BCUT2D eigenvalue weighted by Gasteiger charge is 2.07. The van der Waals surface area contributed by atoms with E-state index in [1.807, 2.05) is 6.20 Å². The highest BCUT2D eigenvalue weighted by atomic mass is 16.5. The van der Waals surface area contributed by atoms with E-state index in [0.717, 1.165) is 12.1 Å². The fourth-order valence-electron chi connectivity index (χ4n) is 0.572. The molecular weight excluding hydrogens is 142 g/mol. The normalized spacial score (nSPS) is 13.0. The van der Waals surface area contributed by atoms with Gasteiger partial charge in [-0.25, -0.2) is 4.79 Å². The number of ether oxygens (including phenoxy) is 1. The predicted molar refractivity (Wildman–Crippen MR) is 41.6 cm³/mol. The lowest BCUT2D eigenvalue weighted by Crippen LogP contribution is -2.06. The summed E-state index contributed by atoms with van der Waals surface area (Å²) in [5, 5.41) is 2.92. The molecule has 1 heterocycles. The summed E-state index contributed by atoms with van der Waals surface area (Å²) in [7, 11) is 0. The number of hydrogen-bond donors (Lipinski definition) is 1. The van der Waals surface area contributed by atoms with Crippen LogP contribution in [0.3, 0.4) is 0 Å². The molecule has 0 atom stereocenters. The van der Waals surface area contributed by atoms with Gasteiger partial charge in [-0.05, 0) is 6.92 Å². The molecule has 0 bridgehead atoms. The summed E-state index contributed by atoms with van der Waals surface area (Å²) in [6, 6.07) is 0. The maximum absolute atomic E-state index is 10.8. The molecular formula is C8H11NO2. The summed E-state index contributed by atoms with van der Waals surface area (Å²) in [5.41, 5.74) is 1.59. The van der Waals surface area contributed by atoms with Gasteiger partial charge in [-0.1, -0.05) is 6.58 Å². The van der Waals surface area contributed by atoms with Crippen molar-refractivity contribution in [3.63, 3.8) is 0 Å². The number of carbonyl (C=O) groups excluding carboxylic acids is 1. The predicted octanol–water partition coefficient (Wildman–Crippen LogP) is 0.940. The standard InChI is InChI=1S/C8H11NO2/c1-6(2)8(10)11-4-3-7-5-9-7/h5,9H,1,3-4H2,2H3. The topological polar surface area (TPSA) is 48.2 Å². The first-order valence-electron chi connectivity index (χ1n) is 3.48. The minimum atomic E-state index is -0.314. The van der Waals surface area contributed by atoms with Crippen LogP contribution in [-0.4, -0.2) is 12.6 Å². The zero-order chi connectivity index (χ0) is 8.27. The van der Waals surface area contributed by atoms with Gasteiger partial charge in [0.25, 0.3) is 0 Å². The molecule has 0 aromatic heterocycles. The van der Waals surface area contributed by atoms with Crippen molar-refractivity contribution in [2.45, 2.75) is 13.3 Å². The molecule has 0 fully saturated rings. The van der Waals surface area contributed by atoms with Crippen molar-refractivity contribution in [2.75, 3.05) is 6.61 Å². The van der Waals surface area contributed by atoms with Crippen molar-refractivity contribution in [1.82, 2.24) is 5.32 Å². The van der Waals surface area contributed by atoms with Crippen LogP contribution in [0.2, 0.25) is 0 Å². The Morgan fingerprint density at radius 1 is 1.82 bits per heavy atom. The Kier molecular flexibility index (Phi) is 2.31. The summed E-state index contributed by atoms with van der Waals surface area (Å²) in [4.78, 5) is 10.8. The highest BCUT2D eigenvalue weighted by molar-refractivity contribution is 5.86. The Morgan fingerprint density at radius 3 is 2.91 bits per heavy atom. The highest BCUT2D eigenvalue weighted by Crippen LogP contribution is 2.06. The van der Waals surface area contributed by atoms with Crippen LogP contribution in [0.25, 0.3) is 0 Å². The smallest absolute Gasteiger partial charge is 0.333 e. The molecule has 1 aliphatic heterocycles. The summed E-state index contributed by atoms with van der Waals surface area (Å²) in [6.07, 6.45) is 2.66.